The molecule has 0 amide bonds. The molecule has 25 heavy (non-hydrogen) atoms. The van der Waals surface area contributed by atoms with Gasteiger partial charge in [-0.1, -0.05) is 18.5 Å². The molecule has 0 saturated carbocycles. The van der Waals surface area contributed by atoms with Crippen molar-refractivity contribution >= 4 is 35.2 Å². The van der Waals surface area contributed by atoms with E-state index in [4.69, 9.17) is 11.6 Å². The molecule has 1 saturated heterocycles. The molecule has 3 aliphatic heterocycles. The van der Waals surface area contributed by atoms with Gasteiger partial charge in [-0.25, -0.2) is 14.4 Å². The molecule has 0 aromatic heterocycles. The van der Waals surface area contributed by atoms with Gasteiger partial charge in [0.25, 0.3) is 0 Å². The molecule has 7 heteroatoms. The highest BCUT2D eigenvalue weighted by atomic mass is 35.5. The minimum absolute atomic E-state index is 0.368. The van der Waals surface area contributed by atoms with Crippen LogP contribution in [0.4, 0.5) is 10.1 Å². The molecular formula is C18H21ClFN5. The molecule has 3 heterocycles. The van der Waals surface area contributed by atoms with Gasteiger partial charge in [-0.3, -0.25) is 0 Å². The molecule has 0 radical (unpaired) electrons. The number of guanidine groups is 1. The van der Waals surface area contributed by atoms with Crippen molar-refractivity contribution in [3.63, 3.8) is 0 Å². The fourth-order valence-corrected chi connectivity index (χ4v) is 3.73. The molecule has 0 N–H and O–H groups in total. The predicted octanol–water partition coefficient (Wildman–Crippen LogP) is 3.54. The van der Waals surface area contributed by atoms with Crippen molar-refractivity contribution in [2.24, 2.45) is 10.1 Å². The molecule has 0 unspecified atom stereocenters. The lowest BCUT2D eigenvalue weighted by Gasteiger charge is -2.41. The molecule has 3 aliphatic rings. The third kappa shape index (κ3) is 2.83. The Balaban J connectivity index is 1.87. The lowest BCUT2D eigenvalue weighted by Crippen LogP contribution is -2.52. The highest BCUT2D eigenvalue weighted by Crippen LogP contribution is 2.42. The number of aliphatic imine (C=N–C) groups is 1. The fraction of sp³-hybridized carbons (Fsp3) is 0.444. The fourth-order valence-electron chi connectivity index (χ4n) is 3.52. The molecule has 0 spiro atoms. The van der Waals surface area contributed by atoms with Crippen molar-refractivity contribution in [1.29, 1.82) is 0 Å². The lowest BCUT2D eigenvalue weighted by molar-refractivity contribution is 0.203. The van der Waals surface area contributed by atoms with Crippen LogP contribution in [0.25, 0.3) is 5.70 Å². The van der Waals surface area contributed by atoms with Crippen LogP contribution in [0.5, 0.6) is 0 Å². The number of hydrogen-bond acceptors (Lipinski definition) is 5. The molecule has 0 bridgehead atoms. The Morgan fingerprint density at radius 1 is 1.20 bits per heavy atom. The summed E-state index contributed by atoms with van der Waals surface area (Å²) in [5, 5.41) is 6.83. The van der Waals surface area contributed by atoms with Gasteiger partial charge in [0.1, 0.15) is 5.69 Å². The van der Waals surface area contributed by atoms with E-state index in [1.165, 1.54) is 11.6 Å². The van der Waals surface area contributed by atoms with Gasteiger partial charge in [-0.05, 0) is 31.2 Å². The first-order valence-electron chi connectivity index (χ1n) is 8.64. The van der Waals surface area contributed by atoms with Crippen molar-refractivity contribution in [1.82, 2.24) is 14.8 Å². The van der Waals surface area contributed by atoms with Gasteiger partial charge in [0.05, 0.1) is 5.70 Å². The summed E-state index contributed by atoms with van der Waals surface area (Å²) in [5.74, 6) is 0.324. The first-order valence-corrected chi connectivity index (χ1v) is 9.02. The second-order valence-electron chi connectivity index (χ2n) is 6.61. The lowest BCUT2D eigenvalue weighted by atomic mass is 9.98. The summed E-state index contributed by atoms with van der Waals surface area (Å²) in [7, 11) is 2.11. The van der Waals surface area contributed by atoms with E-state index in [0.29, 0.717) is 16.7 Å². The summed E-state index contributed by atoms with van der Waals surface area (Å²) in [6.07, 6.45) is 3.55. The number of hydrazone groups is 1. The van der Waals surface area contributed by atoms with Gasteiger partial charge in [0, 0.05) is 49.4 Å². The number of likely N-dealkylation sites (N-methyl/N-ethyl adjacent to an activating group) is 1. The van der Waals surface area contributed by atoms with E-state index in [0.717, 1.165) is 50.3 Å². The zero-order valence-electron chi connectivity index (χ0n) is 14.5. The summed E-state index contributed by atoms with van der Waals surface area (Å²) in [5.41, 5.74) is 3.26. The molecule has 0 aliphatic carbocycles. The van der Waals surface area contributed by atoms with Crippen LogP contribution in [0.1, 0.15) is 25.3 Å². The average Bonchev–Trinajstić information content (AvgIpc) is 2.61. The number of piperazine rings is 1. The van der Waals surface area contributed by atoms with Crippen LogP contribution >= 0.6 is 11.6 Å². The van der Waals surface area contributed by atoms with E-state index in [-0.39, 0.29) is 5.82 Å². The largest absolute Gasteiger partial charge is 0.338 e. The van der Waals surface area contributed by atoms with Crippen molar-refractivity contribution in [2.45, 2.75) is 19.8 Å². The summed E-state index contributed by atoms with van der Waals surface area (Å²) < 4.78 is 14.6. The normalized spacial score (nSPS) is 20.6. The predicted molar refractivity (Wildman–Crippen MR) is 99.7 cm³/mol. The molecular weight excluding hydrogens is 341 g/mol. The Bertz CT molecular complexity index is 793. The molecule has 1 aromatic rings. The van der Waals surface area contributed by atoms with Gasteiger partial charge in [-0.15, -0.1) is 0 Å². The van der Waals surface area contributed by atoms with Gasteiger partial charge >= 0.3 is 0 Å². The van der Waals surface area contributed by atoms with Crippen molar-refractivity contribution in [3.05, 3.63) is 34.1 Å². The minimum atomic E-state index is -0.383. The van der Waals surface area contributed by atoms with Crippen LogP contribution < -0.4 is 0 Å². The Kier molecular flexibility index (Phi) is 4.25. The summed E-state index contributed by atoms with van der Waals surface area (Å²) in [4.78, 5) is 9.12. The van der Waals surface area contributed by atoms with Crippen LogP contribution in [0, 0.1) is 5.82 Å². The number of benzene rings is 1. The molecule has 0 atom stereocenters. The van der Waals surface area contributed by atoms with E-state index in [9.17, 15) is 4.39 Å². The summed E-state index contributed by atoms with van der Waals surface area (Å²) >= 11 is 6.12. The maximum atomic E-state index is 14.6. The van der Waals surface area contributed by atoms with Crippen LogP contribution in [0.3, 0.4) is 0 Å². The van der Waals surface area contributed by atoms with Crippen molar-refractivity contribution in [3.8, 4) is 0 Å². The molecule has 132 valence electrons. The zero-order chi connectivity index (χ0) is 17.6. The second-order valence-corrected chi connectivity index (χ2v) is 7.04. The third-order valence-electron chi connectivity index (χ3n) is 4.98. The minimum Gasteiger partial charge on any atom is -0.338 e. The highest BCUT2D eigenvalue weighted by Gasteiger charge is 2.34. The molecule has 5 nitrogen and oxygen atoms in total. The van der Waals surface area contributed by atoms with E-state index in [1.54, 1.807) is 6.07 Å². The molecule has 1 aromatic carbocycles. The van der Waals surface area contributed by atoms with Gasteiger partial charge in [0.2, 0.25) is 5.96 Å². The van der Waals surface area contributed by atoms with Crippen molar-refractivity contribution < 1.29 is 4.39 Å². The number of allylic oxidation sites excluding steroid dienone is 1. The van der Waals surface area contributed by atoms with E-state index in [1.807, 2.05) is 11.2 Å². The maximum absolute atomic E-state index is 14.6. The van der Waals surface area contributed by atoms with Crippen LogP contribution in [0.2, 0.25) is 5.02 Å². The Labute approximate surface area is 152 Å². The third-order valence-corrected chi connectivity index (χ3v) is 5.20. The van der Waals surface area contributed by atoms with E-state index >= 15 is 0 Å². The average molecular weight is 362 g/mol. The smallest absolute Gasteiger partial charge is 0.227 e. The van der Waals surface area contributed by atoms with Gasteiger partial charge in [-0.2, -0.15) is 5.10 Å². The Morgan fingerprint density at radius 2 is 1.96 bits per heavy atom. The quantitative estimate of drug-likeness (QED) is 0.767. The SMILES string of the molecule is CCC1=C2c3cc(Cl)cc(F)c3N=C(N3CCN(C)CC3)N2N=CC1. The Hall–Kier alpha value is -1.92. The number of rotatable bonds is 1. The van der Waals surface area contributed by atoms with Gasteiger partial charge in [0.15, 0.2) is 5.82 Å². The monoisotopic (exact) mass is 361 g/mol. The van der Waals surface area contributed by atoms with E-state index < -0.39 is 0 Å². The van der Waals surface area contributed by atoms with Crippen molar-refractivity contribution in [2.75, 3.05) is 33.2 Å². The zero-order valence-corrected chi connectivity index (χ0v) is 15.2. The molecule has 4 rings (SSSR count). The number of fused-ring (bicyclic) bond motifs is 3. The van der Waals surface area contributed by atoms with E-state index in [2.05, 4.69) is 33.9 Å². The first-order chi connectivity index (χ1) is 12.1. The van der Waals surface area contributed by atoms with Crippen LogP contribution in [-0.2, 0) is 0 Å². The summed E-state index contributed by atoms with van der Waals surface area (Å²) in [6.45, 7) is 5.71. The second kappa shape index (κ2) is 6.42. The molecule has 1 fully saturated rings. The highest BCUT2D eigenvalue weighted by molar-refractivity contribution is 6.31. The van der Waals surface area contributed by atoms with Crippen LogP contribution in [-0.4, -0.2) is 60.2 Å². The first kappa shape index (κ1) is 16.5. The number of hydrogen-bond donors (Lipinski definition) is 0. The topological polar surface area (TPSA) is 34.4 Å². The standard InChI is InChI=1S/C18H21ClFN5/c1-3-12-4-5-21-25-17(12)14-10-13(19)11-15(20)16(14)22-18(25)24-8-6-23(2)7-9-24/h5,10-11H,3-4,6-9H2,1-2H3. The number of nitrogens with zero attached hydrogens (tertiary/aromatic N) is 5. The maximum Gasteiger partial charge on any atom is 0.227 e. The number of halogens is 2. The Morgan fingerprint density at radius 3 is 2.68 bits per heavy atom. The van der Waals surface area contributed by atoms with Crippen LogP contribution in [0.15, 0.2) is 27.8 Å². The van der Waals surface area contributed by atoms with Gasteiger partial charge < -0.3 is 9.80 Å². The summed E-state index contributed by atoms with van der Waals surface area (Å²) in [6, 6.07) is 3.13.